The lowest BCUT2D eigenvalue weighted by atomic mass is 10.00. The molecule has 1 saturated heterocycles. The molecule has 2 N–H and O–H groups in total. The lowest BCUT2D eigenvalue weighted by molar-refractivity contribution is 0.177. The molecule has 66 valence electrons. The fourth-order valence-corrected chi connectivity index (χ4v) is 1.86. The van der Waals surface area contributed by atoms with Gasteiger partial charge in [0, 0.05) is 19.1 Å². The molecule has 2 atom stereocenters. The topological polar surface area (TPSA) is 29.3 Å². The van der Waals surface area contributed by atoms with Crippen molar-refractivity contribution in [2.24, 2.45) is 11.7 Å². The van der Waals surface area contributed by atoms with Crippen LogP contribution in [0.25, 0.3) is 0 Å². The maximum Gasteiger partial charge on any atom is 0.0139 e. The summed E-state index contributed by atoms with van der Waals surface area (Å²) in [4.78, 5) is 2.48. The first kappa shape index (κ1) is 9.01. The third-order valence-corrected chi connectivity index (χ3v) is 2.29. The Bertz CT molecular complexity index is 110. The maximum absolute atomic E-state index is 5.73. The van der Waals surface area contributed by atoms with Crippen LogP contribution in [0.2, 0.25) is 0 Å². The summed E-state index contributed by atoms with van der Waals surface area (Å²) >= 11 is 0. The summed E-state index contributed by atoms with van der Waals surface area (Å²) in [5.41, 5.74) is 5.73. The zero-order valence-corrected chi connectivity index (χ0v) is 7.71. The Morgan fingerprint density at radius 1 is 1.64 bits per heavy atom. The molecule has 11 heavy (non-hydrogen) atoms. The molecule has 0 saturated carbocycles. The predicted octanol–water partition coefficient (Wildman–Crippen LogP) is 1.07. The van der Waals surface area contributed by atoms with Crippen LogP contribution >= 0.6 is 0 Å². The average molecular weight is 156 g/mol. The minimum atomic E-state index is 0.334. The monoisotopic (exact) mass is 156 g/mol. The molecule has 0 amide bonds. The summed E-state index contributed by atoms with van der Waals surface area (Å²) in [6.07, 6.45) is 2.75. The van der Waals surface area contributed by atoms with Crippen LogP contribution in [-0.2, 0) is 0 Å². The molecule has 1 rings (SSSR count). The first-order chi connectivity index (χ1) is 5.18. The Morgan fingerprint density at radius 2 is 2.36 bits per heavy atom. The zero-order chi connectivity index (χ0) is 8.27. The van der Waals surface area contributed by atoms with Crippen molar-refractivity contribution in [3.63, 3.8) is 0 Å². The van der Waals surface area contributed by atoms with Crippen molar-refractivity contribution in [1.29, 1.82) is 0 Å². The molecule has 0 spiro atoms. The van der Waals surface area contributed by atoms with Crippen molar-refractivity contribution in [3.8, 4) is 0 Å². The summed E-state index contributed by atoms with van der Waals surface area (Å²) < 4.78 is 0. The second-order valence-electron chi connectivity index (χ2n) is 3.98. The van der Waals surface area contributed by atoms with Gasteiger partial charge in [-0.1, -0.05) is 6.92 Å². The second-order valence-corrected chi connectivity index (χ2v) is 3.98. The van der Waals surface area contributed by atoms with Crippen LogP contribution in [0, 0.1) is 5.92 Å². The highest BCUT2D eigenvalue weighted by atomic mass is 15.1. The Labute approximate surface area is 69.8 Å². The van der Waals surface area contributed by atoms with E-state index >= 15 is 0 Å². The molecule has 0 aromatic carbocycles. The lowest BCUT2D eigenvalue weighted by Gasteiger charge is -2.31. The molecular formula is C9H20N2. The van der Waals surface area contributed by atoms with Crippen LogP contribution in [0.5, 0.6) is 0 Å². The van der Waals surface area contributed by atoms with Gasteiger partial charge < -0.3 is 10.6 Å². The van der Waals surface area contributed by atoms with Crippen LogP contribution in [0.3, 0.4) is 0 Å². The molecular weight excluding hydrogens is 136 g/mol. The Morgan fingerprint density at radius 3 is 2.91 bits per heavy atom. The number of likely N-dealkylation sites (tertiary alicyclic amines) is 1. The van der Waals surface area contributed by atoms with Gasteiger partial charge in [-0.15, -0.1) is 0 Å². The van der Waals surface area contributed by atoms with Crippen LogP contribution in [-0.4, -0.2) is 30.6 Å². The van der Waals surface area contributed by atoms with Gasteiger partial charge in [-0.2, -0.15) is 0 Å². The van der Waals surface area contributed by atoms with Gasteiger partial charge in [0.1, 0.15) is 0 Å². The molecule has 0 radical (unpaired) electrons. The number of rotatable bonds is 2. The average Bonchev–Trinajstić information content (AvgIpc) is 1.85. The smallest absolute Gasteiger partial charge is 0.0139 e. The maximum atomic E-state index is 5.73. The van der Waals surface area contributed by atoms with E-state index in [0.29, 0.717) is 6.04 Å². The van der Waals surface area contributed by atoms with Crippen molar-refractivity contribution in [2.45, 2.75) is 32.7 Å². The third-order valence-electron chi connectivity index (χ3n) is 2.29. The summed E-state index contributed by atoms with van der Waals surface area (Å²) in [7, 11) is 0. The fraction of sp³-hybridized carbons (Fsp3) is 1.00. The van der Waals surface area contributed by atoms with E-state index < -0.39 is 0 Å². The molecule has 0 bridgehead atoms. The van der Waals surface area contributed by atoms with Crippen molar-refractivity contribution in [1.82, 2.24) is 4.90 Å². The Hall–Kier alpha value is -0.0800. The van der Waals surface area contributed by atoms with Gasteiger partial charge in [0.15, 0.2) is 0 Å². The van der Waals surface area contributed by atoms with Crippen LogP contribution in [0.4, 0.5) is 0 Å². The van der Waals surface area contributed by atoms with Crippen LogP contribution in [0.1, 0.15) is 26.7 Å². The van der Waals surface area contributed by atoms with Crippen molar-refractivity contribution >= 4 is 0 Å². The van der Waals surface area contributed by atoms with E-state index in [4.69, 9.17) is 5.73 Å². The number of hydrogen-bond donors (Lipinski definition) is 1. The van der Waals surface area contributed by atoms with Gasteiger partial charge in [0.2, 0.25) is 0 Å². The molecule has 0 unspecified atom stereocenters. The van der Waals surface area contributed by atoms with E-state index in [1.165, 1.54) is 25.9 Å². The number of nitrogens with two attached hydrogens (primary N) is 1. The zero-order valence-electron chi connectivity index (χ0n) is 7.71. The van der Waals surface area contributed by atoms with Crippen LogP contribution in [0.15, 0.2) is 0 Å². The third kappa shape index (κ3) is 3.21. The molecule has 1 aliphatic heterocycles. The first-order valence-corrected chi connectivity index (χ1v) is 4.66. The van der Waals surface area contributed by atoms with Gasteiger partial charge in [0.05, 0.1) is 0 Å². The predicted molar refractivity (Wildman–Crippen MR) is 48.5 cm³/mol. The van der Waals surface area contributed by atoms with Crippen molar-refractivity contribution in [3.05, 3.63) is 0 Å². The van der Waals surface area contributed by atoms with Crippen molar-refractivity contribution < 1.29 is 0 Å². The second kappa shape index (κ2) is 4.07. The van der Waals surface area contributed by atoms with E-state index in [2.05, 4.69) is 18.7 Å². The Balaban J connectivity index is 2.23. The van der Waals surface area contributed by atoms with Crippen LogP contribution < -0.4 is 5.73 Å². The largest absolute Gasteiger partial charge is 0.327 e. The highest BCUT2D eigenvalue weighted by Crippen LogP contribution is 2.14. The summed E-state index contributed by atoms with van der Waals surface area (Å²) in [6.45, 7) is 7.99. The van der Waals surface area contributed by atoms with E-state index in [0.717, 1.165) is 12.5 Å². The molecule has 0 aliphatic carbocycles. The van der Waals surface area contributed by atoms with Gasteiger partial charge in [-0.25, -0.2) is 0 Å². The summed E-state index contributed by atoms with van der Waals surface area (Å²) in [5.74, 6) is 0.877. The SMILES string of the molecule is C[C@@H]1CCCN(C[C@@H](C)N)C1. The van der Waals surface area contributed by atoms with E-state index in [1.54, 1.807) is 0 Å². The molecule has 0 aromatic rings. The first-order valence-electron chi connectivity index (χ1n) is 4.66. The lowest BCUT2D eigenvalue weighted by Crippen LogP contribution is -2.41. The number of hydrogen-bond acceptors (Lipinski definition) is 2. The Kier molecular flexibility index (Phi) is 3.34. The quantitative estimate of drug-likeness (QED) is 0.648. The van der Waals surface area contributed by atoms with E-state index in [9.17, 15) is 0 Å². The minimum absolute atomic E-state index is 0.334. The van der Waals surface area contributed by atoms with Gasteiger partial charge >= 0.3 is 0 Å². The van der Waals surface area contributed by atoms with Crippen molar-refractivity contribution in [2.75, 3.05) is 19.6 Å². The molecule has 1 fully saturated rings. The standard InChI is InChI=1S/C9H20N2/c1-8-4-3-5-11(6-8)7-9(2)10/h8-9H,3-7,10H2,1-2H3/t8-,9-/m1/s1. The normalized spacial score (nSPS) is 30.3. The molecule has 2 heteroatoms. The number of piperidine rings is 1. The van der Waals surface area contributed by atoms with E-state index in [1.807, 2.05) is 0 Å². The van der Waals surface area contributed by atoms with Gasteiger partial charge in [0.25, 0.3) is 0 Å². The summed E-state index contributed by atoms with van der Waals surface area (Å²) in [5, 5.41) is 0. The molecule has 0 aromatic heterocycles. The van der Waals surface area contributed by atoms with E-state index in [-0.39, 0.29) is 0 Å². The molecule has 2 nitrogen and oxygen atoms in total. The minimum Gasteiger partial charge on any atom is -0.327 e. The van der Waals surface area contributed by atoms with Gasteiger partial charge in [-0.05, 0) is 32.2 Å². The highest BCUT2D eigenvalue weighted by molar-refractivity contribution is 4.72. The number of nitrogens with zero attached hydrogens (tertiary/aromatic N) is 1. The highest BCUT2D eigenvalue weighted by Gasteiger charge is 2.16. The summed E-state index contributed by atoms with van der Waals surface area (Å²) in [6, 6.07) is 0.334. The molecule has 1 aliphatic rings. The fourth-order valence-electron chi connectivity index (χ4n) is 1.86. The van der Waals surface area contributed by atoms with Gasteiger partial charge in [-0.3, -0.25) is 0 Å². The molecule has 1 heterocycles.